The Morgan fingerprint density at radius 3 is 2.75 bits per heavy atom. The van der Waals surface area contributed by atoms with Gasteiger partial charge in [-0.1, -0.05) is 25.1 Å². The highest BCUT2D eigenvalue weighted by Gasteiger charge is 2.08. The average Bonchev–Trinajstić information content (AvgIpc) is 2.34. The second-order valence-corrected chi connectivity index (χ2v) is 4.64. The van der Waals surface area contributed by atoms with Crippen molar-refractivity contribution in [2.45, 2.75) is 24.3 Å². The summed E-state index contributed by atoms with van der Waals surface area (Å²) in [6.07, 6.45) is 0.678. The van der Waals surface area contributed by atoms with Crippen molar-refractivity contribution in [3.8, 4) is 0 Å². The lowest BCUT2D eigenvalue weighted by Gasteiger charge is -2.09. The number of carbonyl (C=O) groups excluding carboxylic acids is 1. The molecule has 0 aromatic heterocycles. The summed E-state index contributed by atoms with van der Waals surface area (Å²) >= 11 is 1.73. The molecule has 0 fully saturated rings. The second kappa shape index (κ2) is 7.30. The molecule has 88 valence electrons. The summed E-state index contributed by atoms with van der Waals surface area (Å²) in [5.74, 6) is 0.808. The Kier molecular flexibility index (Phi) is 5.96. The van der Waals surface area contributed by atoms with Crippen LogP contribution in [0.3, 0.4) is 0 Å². The van der Waals surface area contributed by atoms with Crippen molar-refractivity contribution in [2.24, 2.45) is 5.73 Å². The van der Waals surface area contributed by atoms with Crippen LogP contribution in [0.5, 0.6) is 0 Å². The Hall–Kier alpha value is -1.00. The summed E-state index contributed by atoms with van der Waals surface area (Å²) in [5, 5.41) is 2.82. The van der Waals surface area contributed by atoms with Crippen molar-refractivity contribution in [1.29, 1.82) is 0 Å². The Morgan fingerprint density at radius 1 is 1.44 bits per heavy atom. The SMILES string of the molecule is CC[C@@H](N)C(=O)NCCSc1ccccc1. The third-order valence-corrected chi connectivity index (χ3v) is 3.20. The van der Waals surface area contributed by atoms with Gasteiger partial charge in [-0.25, -0.2) is 0 Å². The van der Waals surface area contributed by atoms with E-state index in [1.54, 1.807) is 11.8 Å². The van der Waals surface area contributed by atoms with Gasteiger partial charge in [0.1, 0.15) is 0 Å². The van der Waals surface area contributed by atoms with Crippen LogP contribution < -0.4 is 11.1 Å². The van der Waals surface area contributed by atoms with Crippen molar-refractivity contribution in [3.05, 3.63) is 30.3 Å². The van der Waals surface area contributed by atoms with Crippen molar-refractivity contribution >= 4 is 17.7 Å². The standard InChI is InChI=1S/C12H18N2OS/c1-2-11(13)12(15)14-8-9-16-10-6-4-3-5-7-10/h3-7,11H,2,8-9,13H2,1H3,(H,14,15)/t11-/m1/s1. The summed E-state index contributed by atoms with van der Waals surface area (Å²) in [6.45, 7) is 2.56. The van der Waals surface area contributed by atoms with E-state index >= 15 is 0 Å². The summed E-state index contributed by atoms with van der Waals surface area (Å²) in [4.78, 5) is 12.6. The smallest absolute Gasteiger partial charge is 0.236 e. The molecule has 0 saturated heterocycles. The quantitative estimate of drug-likeness (QED) is 0.585. The lowest BCUT2D eigenvalue weighted by Crippen LogP contribution is -2.40. The van der Waals surface area contributed by atoms with Crippen molar-refractivity contribution in [3.63, 3.8) is 0 Å². The Labute approximate surface area is 101 Å². The molecule has 0 bridgehead atoms. The first-order chi connectivity index (χ1) is 7.74. The van der Waals surface area contributed by atoms with Gasteiger partial charge in [0, 0.05) is 17.2 Å². The molecule has 0 aliphatic rings. The molecule has 0 radical (unpaired) electrons. The molecular weight excluding hydrogens is 220 g/mol. The molecule has 0 aliphatic carbocycles. The summed E-state index contributed by atoms with van der Waals surface area (Å²) < 4.78 is 0. The minimum atomic E-state index is -0.373. The van der Waals surface area contributed by atoms with Gasteiger partial charge in [0.25, 0.3) is 0 Å². The molecule has 0 heterocycles. The first-order valence-corrected chi connectivity index (χ1v) is 6.43. The first kappa shape index (κ1) is 13.1. The van der Waals surface area contributed by atoms with Gasteiger partial charge in [0.15, 0.2) is 0 Å². The van der Waals surface area contributed by atoms with E-state index in [4.69, 9.17) is 5.73 Å². The molecule has 3 nitrogen and oxygen atoms in total. The average molecular weight is 238 g/mol. The normalized spacial score (nSPS) is 12.1. The highest BCUT2D eigenvalue weighted by atomic mass is 32.2. The Balaban J connectivity index is 2.15. The van der Waals surface area contributed by atoms with Crippen LogP contribution in [0.15, 0.2) is 35.2 Å². The van der Waals surface area contributed by atoms with Gasteiger partial charge < -0.3 is 11.1 Å². The monoisotopic (exact) mass is 238 g/mol. The predicted molar refractivity (Wildman–Crippen MR) is 68.4 cm³/mol. The first-order valence-electron chi connectivity index (χ1n) is 5.45. The van der Waals surface area contributed by atoms with Crippen LogP contribution >= 0.6 is 11.8 Å². The van der Waals surface area contributed by atoms with E-state index in [-0.39, 0.29) is 11.9 Å². The van der Waals surface area contributed by atoms with E-state index in [0.29, 0.717) is 13.0 Å². The Bertz CT molecular complexity index is 316. The molecule has 1 aromatic carbocycles. The lowest BCUT2D eigenvalue weighted by atomic mass is 10.2. The zero-order valence-corrected chi connectivity index (χ0v) is 10.3. The largest absolute Gasteiger partial charge is 0.354 e. The maximum atomic E-state index is 11.3. The number of thioether (sulfide) groups is 1. The van der Waals surface area contributed by atoms with E-state index in [2.05, 4.69) is 17.4 Å². The van der Waals surface area contributed by atoms with Gasteiger partial charge in [0.2, 0.25) is 5.91 Å². The number of amides is 1. The second-order valence-electron chi connectivity index (χ2n) is 3.47. The number of rotatable bonds is 6. The minimum absolute atomic E-state index is 0.0591. The van der Waals surface area contributed by atoms with Gasteiger partial charge in [-0.2, -0.15) is 0 Å². The number of carbonyl (C=O) groups is 1. The maximum Gasteiger partial charge on any atom is 0.236 e. The maximum absolute atomic E-state index is 11.3. The van der Waals surface area contributed by atoms with Crippen LogP contribution in [0.2, 0.25) is 0 Å². The van der Waals surface area contributed by atoms with Gasteiger partial charge in [-0.3, -0.25) is 4.79 Å². The molecule has 1 amide bonds. The molecule has 1 atom stereocenters. The van der Waals surface area contributed by atoms with Crippen molar-refractivity contribution in [2.75, 3.05) is 12.3 Å². The lowest BCUT2D eigenvalue weighted by molar-refractivity contribution is -0.122. The number of nitrogens with one attached hydrogen (secondary N) is 1. The highest BCUT2D eigenvalue weighted by molar-refractivity contribution is 7.99. The third-order valence-electron chi connectivity index (χ3n) is 2.19. The van der Waals surface area contributed by atoms with Crippen LogP contribution in [0.25, 0.3) is 0 Å². The van der Waals surface area contributed by atoms with Crippen molar-refractivity contribution < 1.29 is 4.79 Å². The number of hydrogen-bond acceptors (Lipinski definition) is 3. The third kappa shape index (κ3) is 4.68. The molecular formula is C12H18N2OS. The van der Waals surface area contributed by atoms with Crippen LogP contribution in [0.1, 0.15) is 13.3 Å². The topological polar surface area (TPSA) is 55.1 Å². The van der Waals surface area contributed by atoms with Gasteiger partial charge >= 0.3 is 0 Å². The van der Waals surface area contributed by atoms with E-state index < -0.39 is 0 Å². The molecule has 16 heavy (non-hydrogen) atoms. The van der Waals surface area contributed by atoms with Crippen LogP contribution in [-0.2, 0) is 4.79 Å². The fraction of sp³-hybridized carbons (Fsp3) is 0.417. The van der Waals surface area contributed by atoms with E-state index in [0.717, 1.165) is 5.75 Å². The number of hydrogen-bond donors (Lipinski definition) is 2. The molecule has 4 heteroatoms. The zero-order chi connectivity index (χ0) is 11.8. The van der Waals surface area contributed by atoms with E-state index in [1.807, 2.05) is 25.1 Å². The molecule has 0 unspecified atom stereocenters. The molecule has 0 aliphatic heterocycles. The Morgan fingerprint density at radius 2 is 2.12 bits per heavy atom. The predicted octanol–water partition coefficient (Wildman–Crippen LogP) is 1.63. The van der Waals surface area contributed by atoms with Gasteiger partial charge in [-0.05, 0) is 18.6 Å². The summed E-state index contributed by atoms with van der Waals surface area (Å²) in [6, 6.07) is 9.75. The number of benzene rings is 1. The molecule has 0 spiro atoms. The van der Waals surface area contributed by atoms with Crippen LogP contribution in [0, 0.1) is 0 Å². The van der Waals surface area contributed by atoms with Crippen LogP contribution in [0.4, 0.5) is 0 Å². The van der Waals surface area contributed by atoms with Crippen LogP contribution in [-0.4, -0.2) is 24.2 Å². The minimum Gasteiger partial charge on any atom is -0.354 e. The molecule has 3 N–H and O–H groups in total. The summed E-state index contributed by atoms with van der Waals surface area (Å²) in [7, 11) is 0. The molecule has 1 aromatic rings. The zero-order valence-electron chi connectivity index (χ0n) is 9.48. The highest BCUT2D eigenvalue weighted by Crippen LogP contribution is 2.15. The van der Waals surface area contributed by atoms with Crippen molar-refractivity contribution in [1.82, 2.24) is 5.32 Å². The van der Waals surface area contributed by atoms with E-state index in [9.17, 15) is 4.79 Å². The van der Waals surface area contributed by atoms with Gasteiger partial charge in [0.05, 0.1) is 6.04 Å². The molecule has 0 saturated carbocycles. The summed E-state index contributed by atoms with van der Waals surface area (Å²) in [5.41, 5.74) is 5.59. The number of nitrogens with two attached hydrogens (primary N) is 1. The molecule has 1 rings (SSSR count). The van der Waals surface area contributed by atoms with Gasteiger partial charge in [-0.15, -0.1) is 11.8 Å². The fourth-order valence-electron chi connectivity index (χ4n) is 1.18. The van der Waals surface area contributed by atoms with E-state index in [1.165, 1.54) is 4.90 Å². The fourth-order valence-corrected chi connectivity index (χ4v) is 1.97.